The molecule has 0 aliphatic heterocycles. The number of hydrogen-bond donors (Lipinski definition) is 2. The van der Waals surface area contributed by atoms with Crippen LogP contribution in [0.15, 0.2) is 22.7 Å². The molecule has 0 aliphatic rings. The van der Waals surface area contributed by atoms with Gasteiger partial charge >= 0.3 is 5.97 Å². The SMILES string of the molecule is N[C@@H](CC(=O)O)c1ccc(Br)cc1Cl. The molecule has 76 valence electrons. The molecule has 0 spiro atoms. The lowest BCUT2D eigenvalue weighted by molar-refractivity contribution is -0.137. The maximum Gasteiger partial charge on any atom is 0.305 e. The van der Waals surface area contributed by atoms with Crippen LogP contribution in [0.5, 0.6) is 0 Å². The Hall–Kier alpha value is -0.580. The molecule has 1 aromatic rings. The van der Waals surface area contributed by atoms with Crippen LogP contribution in [-0.2, 0) is 4.79 Å². The first-order chi connectivity index (χ1) is 6.50. The molecule has 0 heterocycles. The summed E-state index contributed by atoms with van der Waals surface area (Å²) in [5.74, 6) is -0.934. The fraction of sp³-hybridized carbons (Fsp3) is 0.222. The second-order valence-electron chi connectivity index (χ2n) is 2.87. The summed E-state index contributed by atoms with van der Waals surface area (Å²) in [7, 11) is 0. The Balaban J connectivity index is 2.90. The molecule has 0 aromatic heterocycles. The number of rotatable bonds is 3. The van der Waals surface area contributed by atoms with Gasteiger partial charge in [-0.25, -0.2) is 0 Å². The zero-order chi connectivity index (χ0) is 10.7. The fourth-order valence-electron chi connectivity index (χ4n) is 1.10. The Morgan fingerprint density at radius 3 is 2.79 bits per heavy atom. The normalized spacial score (nSPS) is 12.5. The van der Waals surface area contributed by atoms with E-state index >= 15 is 0 Å². The van der Waals surface area contributed by atoms with Crippen molar-refractivity contribution in [1.82, 2.24) is 0 Å². The first-order valence-electron chi connectivity index (χ1n) is 3.93. The van der Waals surface area contributed by atoms with E-state index in [-0.39, 0.29) is 6.42 Å². The minimum absolute atomic E-state index is 0.124. The molecule has 1 atom stereocenters. The van der Waals surface area contributed by atoms with Gasteiger partial charge in [-0.15, -0.1) is 0 Å². The maximum atomic E-state index is 10.4. The van der Waals surface area contributed by atoms with Crippen molar-refractivity contribution in [2.45, 2.75) is 12.5 Å². The van der Waals surface area contributed by atoms with Gasteiger partial charge in [-0.05, 0) is 17.7 Å². The molecule has 1 rings (SSSR count). The summed E-state index contributed by atoms with van der Waals surface area (Å²) in [5.41, 5.74) is 6.32. The number of hydrogen-bond acceptors (Lipinski definition) is 2. The highest BCUT2D eigenvalue weighted by Crippen LogP contribution is 2.26. The van der Waals surface area contributed by atoms with Crippen LogP contribution in [-0.4, -0.2) is 11.1 Å². The molecular formula is C9H9BrClNO2. The average Bonchev–Trinajstić information content (AvgIpc) is 2.01. The summed E-state index contributed by atoms with van der Waals surface area (Å²) in [6.45, 7) is 0. The molecule has 3 nitrogen and oxygen atoms in total. The predicted octanol–water partition coefficient (Wildman–Crippen LogP) is 2.58. The van der Waals surface area contributed by atoms with Gasteiger partial charge in [0, 0.05) is 15.5 Å². The first-order valence-corrected chi connectivity index (χ1v) is 5.10. The number of carboxylic acid groups (broad SMARTS) is 1. The smallest absolute Gasteiger partial charge is 0.305 e. The number of aliphatic carboxylic acids is 1. The molecule has 0 unspecified atom stereocenters. The van der Waals surface area contributed by atoms with Gasteiger partial charge in [-0.1, -0.05) is 33.6 Å². The topological polar surface area (TPSA) is 63.3 Å². The van der Waals surface area contributed by atoms with Crippen molar-refractivity contribution in [3.63, 3.8) is 0 Å². The van der Waals surface area contributed by atoms with Crippen LogP contribution in [0.3, 0.4) is 0 Å². The molecule has 5 heteroatoms. The number of halogens is 2. The Bertz CT molecular complexity index is 357. The lowest BCUT2D eigenvalue weighted by atomic mass is 10.1. The Morgan fingerprint density at radius 1 is 1.64 bits per heavy atom. The van der Waals surface area contributed by atoms with Crippen LogP contribution < -0.4 is 5.73 Å². The molecule has 0 amide bonds. The van der Waals surface area contributed by atoms with E-state index in [0.717, 1.165) is 4.47 Å². The molecular weight excluding hydrogens is 269 g/mol. The monoisotopic (exact) mass is 277 g/mol. The zero-order valence-corrected chi connectivity index (χ0v) is 9.55. The van der Waals surface area contributed by atoms with Crippen molar-refractivity contribution in [3.8, 4) is 0 Å². The molecule has 0 bridgehead atoms. The maximum absolute atomic E-state index is 10.4. The van der Waals surface area contributed by atoms with Gasteiger partial charge in [-0.2, -0.15) is 0 Å². The van der Waals surface area contributed by atoms with E-state index in [9.17, 15) is 4.79 Å². The quantitative estimate of drug-likeness (QED) is 0.893. The number of nitrogens with two attached hydrogens (primary N) is 1. The number of benzene rings is 1. The molecule has 3 N–H and O–H groups in total. The summed E-state index contributed by atoms with van der Waals surface area (Å²) >= 11 is 9.16. The Morgan fingerprint density at radius 2 is 2.29 bits per heavy atom. The summed E-state index contributed by atoms with van der Waals surface area (Å²) < 4.78 is 0.841. The van der Waals surface area contributed by atoms with E-state index in [1.807, 2.05) is 0 Å². The predicted molar refractivity (Wildman–Crippen MR) is 58.3 cm³/mol. The largest absolute Gasteiger partial charge is 0.481 e. The van der Waals surface area contributed by atoms with E-state index < -0.39 is 12.0 Å². The standard InChI is InChI=1S/C9H9BrClNO2/c10-5-1-2-6(7(11)3-5)8(12)4-9(13)14/h1-3,8H,4,12H2,(H,13,14)/t8-/m0/s1. The van der Waals surface area contributed by atoms with E-state index in [4.69, 9.17) is 22.4 Å². The van der Waals surface area contributed by atoms with Gasteiger partial charge in [0.05, 0.1) is 6.42 Å². The minimum atomic E-state index is -0.934. The van der Waals surface area contributed by atoms with Crippen LogP contribution >= 0.6 is 27.5 Å². The van der Waals surface area contributed by atoms with E-state index in [1.54, 1.807) is 18.2 Å². The van der Waals surface area contributed by atoms with E-state index in [2.05, 4.69) is 15.9 Å². The van der Waals surface area contributed by atoms with Crippen LogP contribution in [0, 0.1) is 0 Å². The second-order valence-corrected chi connectivity index (χ2v) is 4.19. The van der Waals surface area contributed by atoms with Gasteiger partial charge in [-0.3, -0.25) is 4.79 Å². The molecule has 0 aliphatic carbocycles. The average molecular weight is 279 g/mol. The molecule has 0 saturated carbocycles. The van der Waals surface area contributed by atoms with Gasteiger partial charge in [0.15, 0.2) is 0 Å². The minimum Gasteiger partial charge on any atom is -0.481 e. The van der Waals surface area contributed by atoms with Crippen LogP contribution in [0.2, 0.25) is 5.02 Å². The first kappa shape index (κ1) is 11.5. The van der Waals surface area contributed by atoms with Crippen LogP contribution in [0.25, 0.3) is 0 Å². The Labute approximate surface area is 95.0 Å². The van der Waals surface area contributed by atoms with Crippen LogP contribution in [0.1, 0.15) is 18.0 Å². The highest BCUT2D eigenvalue weighted by Gasteiger charge is 2.13. The lowest BCUT2D eigenvalue weighted by Crippen LogP contribution is -2.15. The van der Waals surface area contributed by atoms with Crippen molar-refractivity contribution in [1.29, 1.82) is 0 Å². The third-order valence-corrected chi connectivity index (χ3v) is 2.58. The summed E-state index contributed by atoms with van der Waals surface area (Å²) in [6.07, 6.45) is -0.124. The van der Waals surface area contributed by atoms with Gasteiger partial charge in [0.25, 0.3) is 0 Å². The van der Waals surface area contributed by atoms with Crippen molar-refractivity contribution in [2.75, 3.05) is 0 Å². The molecule has 0 saturated heterocycles. The second kappa shape index (κ2) is 4.77. The van der Waals surface area contributed by atoms with Gasteiger partial charge < -0.3 is 10.8 Å². The summed E-state index contributed by atoms with van der Waals surface area (Å²) in [6, 6.07) is 4.63. The fourth-order valence-corrected chi connectivity index (χ4v) is 1.91. The number of carbonyl (C=O) groups is 1. The van der Waals surface area contributed by atoms with Gasteiger partial charge in [0.2, 0.25) is 0 Å². The molecule has 0 radical (unpaired) electrons. The third kappa shape index (κ3) is 2.97. The zero-order valence-electron chi connectivity index (χ0n) is 7.21. The summed E-state index contributed by atoms with van der Waals surface area (Å²) in [4.78, 5) is 10.4. The van der Waals surface area contributed by atoms with E-state index in [1.165, 1.54) is 0 Å². The number of carboxylic acids is 1. The Kier molecular flexibility index (Phi) is 3.92. The molecule has 0 fully saturated rings. The van der Waals surface area contributed by atoms with Gasteiger partial charge in [0.1, 0.15) is 0 Å². The molecule has 1 aromatic carbocycles. The molecule has 14 heavy (non-hydrogen) atoms. The van der Waals surface area contributed by atoms with Crippen molar-refractivity contribution >= 4 is 33.5 Å². The highest BCUT2D eigenvalue weighted by molar-refractivity contribution is 9.10. The van der Waals surface area contributed by atoms with Crippen LogP contribution in [0.4, 0.5) is 0 Å². The third-order valence-electron chi connectivity index (χ3n) is 1.76. The van der Waals surface area contributed by atoms with E-state index in [0.29, 0.717) is 10.6 Å². The van der Waals surface area contributed by atoms with Crippen molar-refractivity contribution in [2.24, 2.45) is 5.73 Å². The highest BCUT2D eigenvalue weighted by atomic mass is 79.9. The lowest BCUT2D eigenvalue weighted by Gasteiger charge is -2.11. The van der Waals surface area contributed by atoms with Crippen molar-refractivity contribution in [3.05, 3.63) is 33.3 Å². The van der Waals surface area contributed by atoms with Crippen molar-refractivity contribution < 1.29 is 9.90 Å². The summed E-state index contributed by atoms with van der Waals surface area (Å²) in [5, 5.41) is 9.04.